The van der Waals surface area contributed by atoms with E-state index in [0.29, 0.717) is 36.2 Å². The fourth-order valence-electron chi connectivity index (χ4n) is 3.49. The predicted octanol–water partition coefficient (Wildman–Crippen LogP) is 4.05. The third-order valence-electron chi connectivity index (χ3n) is 5.10. The molecule has 2 amide bonds. The summed E-state index contributed by atoms with van der Waals surface area (Å²) in [7, 11) is 0. The van der Waals surface area contributed by atoms with Gasteiger partial charge in [-0.2, -0.15) is 18.4 Å². The fraction of sp³-hybridized carbons (Fsp3) is 0.435. The second-order valence-electron chi connectivity index (χ2n) is 8.82. The lowest BCUT2D eigenvalue weighted by Crippen LogP contribution is -2.47. The molecule has 1 fully saturated rings. The Kier molecular flexibility index (Phi) is 7.09. The number of amides is 2. The summed E-state index contributed by atoms with van der Waals surface area (Å²) in [6, 6.07) is 4.90. The van der Waals surface area contributed by atoms with Crippen molar-refractivity contribution in [3.8, 4) is 17.3 Å². The largest absolute Gasteiger partial charge is 0.444 e. The van der Waals surface area contributed by atoms with E-state index in [9.17, 15) is 28.0 Å². The van der Waals surface area contributed by atoms with Crippen LogP contribution in [0.5, 0.6) is 0 Å². The Balaban J connectivity index is 1.73. The van der Waals surface area contributed by atoms with E-state index in [1.54, 1.807) is 20.8 Å². The first-order valence-electron chi connectivity index (χ1n) is 10.6. The molecule has 0 unspecified atom stereocenters. The van der Waals surface area contributed by atoms with Crippen LogP contribution in [0.4, 0.5) is 18.0 Å². The second-order valence-corrected chi connectivity index (χ2v) is 8.82. The van der Waals surface area contributed by atoms with Crippen LogP contribution in [0.1, 0.15) is 50.4 Å². The zero-order valence-corrected chi connectivity index (χ0v) is 18.9. The van der Waals surface area contributed by atoms with Crippen molar-refractivity contribution >= 4 is 12.0 Å². The van der Waals surface area contributed by atoms with Crippen molar-refractivity contribution < 1.29 is 27.5 Å². The van der Waals surface area contributed by atoms with Crippen molar-refractivity contribution in [1.82, 2.24) is 20.2 Å². The maximum absolute atomic E-state index is 12.8. The van der Waals surface area contributed by atoms with Crippen LogP contribution >= 0.6 is 0 Å². The minimum absolute atomic E-state index is 0.0238. The topological polar surface area (TPSA) is 108 Å². The monoisotopic (exact) mass is 475 g/mol. The lowest BCUT2D eigenvalue weighted by Gasteiger charge is -2.28. The molecule has 8 nitrogen and oxygen atoms in total. The molecule has 1 aliphatic heterocycles. The van der Waals surface area contributed by atoms with E-state index in [-0.39, 0.29) is 18.0 Å². The highest BCUT2D eigenvalue weighted by Crippen LogP contribution is 2.29. The fourth-order valence-corrected chi connectivity index (χ4v) is 3.49. The summed E-state index contributed by atoms with van der Waals surface area (Å²) in [5, 5.41) is 12.1. The van der Waals surface area contributed by atoms with E-state index in [1.807, 2.05) is 6.07 Å². The number of halogens is 3. The van der Waals surface area contributed by atoms with E-state index in [1.165, 1.54) is 23.2 Å². The molecule has 180 valence electrons. The van der Waals surface area contributed by atoms with Crippen LogP contribution in [0, 0.1) is 11.3 Å². The number of aromatic nitrogens is 2. The first kappa shape index (κ1) is 25.0. The van der Waals surface area contributed by atoms with Gasteiger partial charge in [0.1, 0.15) is 23.4 Å². The molecule has 0 aromatic carbocycles. The Morgan fingerprint density at radius 2 is 1.97 bits per heavy atom. The molecule has 3 rings (SSSR count). The number of ether oxygens (including phenoxy) is 1. The average molecular weight is 475 g/mol. The predicted molar refractivity (Wildman–Crippen MR) is 115 cm³/mol. The third-order valence-corrected chi connectivity index (χ3v) is 5.10. The van der Waals surface area contributed by atoms with Gasteiger partial charge in [0, 0.05) is 31.0 Å². The quantitative estimate of drug-likeness (QED) is 0.715. The van der Waals surface area contributed by atoms with Gasteiger partial charge in [-0.15, -0.1) is 0 Å². The first-order valence-corrected chi connectivity index (χ1v) is 10.6. The third kappa shape index (κ3) is 6.01. The van der Waals surface area contributed by atoms with Crippen LogP contribution in [0.2, 0.25) is 0 Å². The molecule has 0 radical (unpaired) electrons. The van der Waals surface area contributed by atoms with E-state index >= 15 is 0 Å². The Bertz CT molecular complexity index is 1100. The Morgan fingerprint density at radius 1 is 1.24 bits per heavy atom. The SMILES string of the molecule is CC(C)(C)OC(=O)N1CCC[C@H]1C(=O)NCc1cc(-c2ccc(C(F)(F)F)nc2)ncc1C#N. The van der Waals surface area contributed by atoms with Gasteiger partial charge in [-0.3, -0.25) is 19.7 Å². The Morgan fingerprint density at radius 3 is 2.56 bits per heavy atom. The molecule has 1 N–H and O–H groups in total. The molecule has 0 bridgehead atoms. The Hall–Kier alpha value is -3.68. The molecule has 1 atom stereocenters. The van der Waals surface area contributed by atoms with E-state index in [2.05, 4.69) is 15.3 Å². The standard InChI is InChI=1S/C23H24F3N5O3/c1-22(2,3)34-21(33)31-8-4-5-18(31)20(32)30-12-15-9-17(28-13-16(15)10-27)14-6-7-19(29-11-14)23(24,25)26/h6-7,9,11,13,18H,4-5,8,12H2,1-3H3,(H,30,32)/t18-/m0/s1. The smallest absolute Gasteiger partial charge is 0.433 e. The van der Waals surface area contributed by atoms with Crippen LogP contribution < -0.4 is 5.32 Å². The maximum Gasteiger partial charge on any atom is 0.433 e. The van der Waals surface area contributed by atoms with Gasteiger partial charge in [0.2, 0.25) is 5.91 Å². The number of pyridine rings is 2. The second kappa shape index (κ2) is 9.67. The Labute approximate surface area is 194 Å². The van der Waals surface area contributed by atoms with E-state index in [0.717, 1.165) is 12.3 Å². The molecule has 2 aromatic heterocycles. The average Bonchev–Trinajstić information content (AvgIpc) is 3.26. The van der Waals surface area contributed by atoms with Crippen molar-refractivity contribution in [3.63, 3.8) is 0 Å². The molecule has 3 heterocycles. The summed E-state index contributed by atoms with van der Waals surface area (Å²) in [5.41, 5.74) is -0.439. The van der Waals surface area contributed by atoms with Crippen LogP contribution in [0.3, 0.4) is 0 Å². The minimum atomic E-state index is -4.56. The van der Waals surface area contributed by atoms with Crippen LogP contribution in [-0.4, -0.2) is 45.1 Å². The minimum Gasteiger partial charge on any atom is -0.444 e. The number of carbonyl (C=O) groups excluding carboxylic acids is 2. The molecule has 11 heteroatoms. The van der Waals surface area contributed by atoms with Gasteiger partial charge >= 0.3 is 12.3 Å². The van der Waals surface area contributed by atoms with Gasteiger partial charge < -0.3 is 10.1 Å². The van der Waals surface area contributed by atoms with Crippen LogP contribution in [0.25, 0.3) is 11.3 Å². The molecule has 2 aromatic rings. The van der Waals surface area contributed by atoms with Crippen molar-refractivity contribution in [1.29, 1.82) is 5.26 Å². The molecule has 0 saturated carbocycles. The number of hydrogen-bond donors (Lipinski definition) is 1. The number of rotatable bonds is 4. The van der Waals surface area contributed by atoms with E-state index in [4.69, 9.17) is 4.74 Å². The molecule has 0 aliphatic carbocycles. The van der Waals surface area contributed by atoms with Crippen molar-refractivity contribution in [2.75, 3.05) is 6.54 Å². The molecule has 1 saturated heterocycles. The summed E-state index contributed by atoms with van der Waals surface area (Å²) in [5.74, 6) is -0.387. The highest BCUT2D eigenvalue weighted by atomic mass is 19.4. The molecule has 34 heavy (non-hydrogen) atoms. The number of nitrogens with one attached hydrogen (secondary N) is 1. The number of nitrogens with zero attached hydrogens (tertiary/aromatic N) is 4. The molecule has 1 aliphatic rings. The zero-order valence-electron chi connectivity index (χ0n) is 18.9. The van der Waals surface area contributed by atoms with Crippen molar-refractivity contribution in [2.24, 2.45) is 0 Å². The number of nitriles is 1. The molecule has 0 spiro atoms. The van der Waals surface area contributed by atoms with Gasteiger partial charge in [0.05, 0.1) is 11.3 Å². The number of carbonyl (C=O) groups is 2. The van der Waals surface area contributed by atoms with Crippen LogP contribution in [-0.2, 0) is 22.3 Å². The highest BCUT2D eigenvalue weighted by molar-refractivity contribution is 5.86. The highest BCUT2D eigenvalue weighted by Gasteiger charge is 2.36. The van der Waals surface area contributed by atoms with Gasteiger partial charge in [-0.05, 0) is 57.4 Å². The lowest BCUT2D eigenvalue weighted by molar-refractivity contribution is -0.141. The van der Waals surface area contributed by atoms with E-state index < -0.39 is 29.6 Å². The summed E-state index contributed by atoms with van der Waals surface area (Å²) < 4.78 is 43.7. The van der Waals surface area contributed by atoms with Gasteiger partial charge in [-0.25, -0.2) is 4.79 Å². The lowest BCUT2D eigenvalue weighted by atomic mass is 10.1. The molecular weight excluding hydrogens is 451 g/mol. The van der Waals surface area contributed by atoms with Gasteiger partial charge in [-0.1, -0.05) is 0 Å². The first-order chi connectivity index (χ1) is 15.9. The van der Waals surface area contributed by atoms with Crippen LogP contribution in [0.15, 0.2) is 30.6 Å². The maximum atomic E-state index is 12.8. The molecular formula is C23H24F3N5O3. The number of likely N-dealkylation sites (tertiary alicyclic amines) is 1. The van der Waals surface area contributed by atoms with Crippen molar-refractivity contribution in [2.45, 2.75) is 58.0 Å². The summed E-state index contributed by atoms with van der Waals surface area (Å²) in [6.07, 6.45) is -1.65. The summed E-state index contributed by atoms with van der Waals surface area (Å²) >= 11 is 0. The normalized spacial score (nSPS) is 16.1. The van der Waals surface area contributed by atoms with Gasteiger partial charge in [0.25, 0.3) is 0 Å². The summed E-state index contributed by atoms with van der Waals surface area (Å²) in [6.45, 7) is 5.60. The number of alkyl halides is 3. The van der Waals surface area contributed by atoms with Crippen molar-refractivity contribution in [3.05, 3.63) is 47.4 Å². The summed E-state index contributed by atoms with van der Waals surface area (Å²) in [4.78, 5) is 34.2. The van der Waals surface area contributed by atoms with Gasteiger partial charge in [0.15, 0.2) is 0 Å². The zero-order chi connectivity index (χ0) is 25.1. The number of hydrogen-bond acceptors (Lipinski definition) is 6.